The van der Waals surface area contributed by atoms with E-state index in [-0.39, 0.29) is 5.56 Å². The van der Waals surface area contributed by atoms with Gasteiger partial charge in [0.1, 0.15) is 5.82 Å². The van der Waals surface area contributed by atoms with Crippen molar-refractivity contribution >= 4 is 32.5 Å². The molecule has 8 heteroatoms. The predicted molar refractivity (Wildman–Crippen MR) is 89.9 cm³/mol. The van der Waals surface area contributed by atoms with Crippen LogP contribution < -0.4 is 10.9 Å². The standard InChI is InChI=1S/C15H14N6OS/c1-9-4-3-5-10-13(9)20(2)11(18-10)8-17-14-19-21-12(22)6-7-16-15(21)23-14/h3-7H,8H2,1-2H3,(H,17,19). The van der Waals surface area contributed by atoms with Crippen LogP contribution in [0.1, 0.15) is 11.4 Å². The third kappa shape index (κ3) is 2.27. The Morgan fingerprint density at radius 1 is 1.30 bits per heavy atom. The number of hydrogen-bond donors (Lipinski definition) is 1. The summed E-state index contributed by atoms with van der Waals surface area (Å²) in [5.74, 6) is 0.911. The van der Waals surface area contributed by atoms with E-state index >= 15 is 0 Å². The fraction of sp³-hybridized carbons (Fsp3) is 0.200. The van der Waals surface area contributed by atoms with Gasteiger partial charge in [-0.25, -0.2) is 9.97 Å². The van der Waals surface area contributed by atoms with Crippen molar-refractivity contribution in [1.82, 2.24) is 24.1 Å². The summed E-state index contributed by atoms with van der Waals surface area (Å²) < 4.78 is 3.38. The van der Waals surface area contributed by atoms with Crippen molar-refractivity contribution in [3.63, 3.8) is 0 Å². The average Bonchev–Trinajstić information content (AvgIpc) is 3.08. The van der Waals surface area contributed by atoms with Crippen LogP contribution in [0.3, 0.4) is 0 Å². The minimum atomic E-state index is -0.183. The van der Waals surface area contributed by atoms with Gasteiger partial charge in [0.15, 0.2) is 0 Å². The van der Waals surface area contributed by atoms with Gasteiger partial charge in [-0.15, -0.1) is 5.10 Å². The Labute approximate surface area is 135 Å². The monoisotopic (exact) mass is 326 g/mol. The second-order valence-electron chi connectivity index (χ2n) is 5.27. The van der Waals surface area contributed by atoms with Gasteiger partial charge in [0.2, 0.25) is 10.1 Å². The lowest BCUT2D eigenvalue weighted by Gasteiger charge is -2.04. The van der Waals surface area contributed by atoms with Crippen molar-refractivity contribution in [3.8, 4) is 0 Å². The van der Waals surface area contributed by atoms with Gasteiger partial charge in [0.25, 0.3) is 5.56 Å². The molecule has 0 aliphatic carbocycles. The summed E-state index contributed by atoms with van der Waals surface area (Å²) in [5.41, 5.74) is 3.12. The summed E-state index contributed by atoms with van der Waals surface area (Å²) in [6.07, 6.45) is 1.49. The topological polar surface area (TPSA) is 77.1 Å². The van der Waals surface area contributed by atoms with Gasteiger partial charge >= 0.3 is 0 Å². The first kappa shape index (κ1) is 13.9. The molecule has 0 radical (unpaired) electrons. The van der Waals surface area contributed by atoms with E-state index in [4.69, 9.17) is 0 Å². The Bertz CT molecular complexity index is 1080. The Hall–Kier alpha value is -2.74. The highest BCUT2D eigenvalue weighted by Crippen LogP contribution is 2.20. The molecule has 1 aromatic carbocycles. The van der Waals surface area contributed by atoms with Gasteiger partial charge in [-0.1, -0.05) is 23.5 Å². The predicted octanol–water partition coefficient (Wildman–Crippen LogP) is 1.96. The summed E-state index contributed by atoms with van der Waals surface area (Å²) in [4.78, 5) is 21.1. The summed E-state index contributed by atoms with van der Waals surface area (Å²) in [7, 11) is 2.00. The molecule has 7 nitrogen and oxygen atoms in total. The minimum absolute atomic E-state index is 0.183. The van der Waals surface area contributed by atoms with E-state index in [0.29, 0.717) is 16.6 Å². The third-order valence-electron chi connectivity index (χ3n) is 3.76. The van der Waals surface area contributed by atoms with Gasteiger partial charge in [-0.3, -0.25) is 4.79 Å². The van der Waals surface area contributed by atoms with Crippen molar-refractivity contribution in [1.29, 1.82) is 0 Å². The fourth-order valence-corrected chi connectivity index (χ4v) is 3.41. The van der Waals surface area contributed by atoms with Gasteiger partial charge in [0, 0.05) is 19.3 Å². The maximum atomic E-state index is 11.7. The molecule has 0 amide bonds. The molecule has 0 aliphatic heterocycles. The number of aryl methyl sites for hydroxylation is 2. The summed E-state index contributed by atoms with van der Waals surface area (Å²) in [6.45, 7) is 2.60. The molecular weight excluding hydrogens is 312 g/mol. The van der Waals surface area contributed by atoms with Crippen molar-refractivity contribution < 1.29 is 0 Å². The van der Waals surface area contributed by atoms with Crippen LogP contribution in [0.4, 0.5) is 5.13 Å². The van der Waals surface area contributed by atoms with Crippen LogP contribution in [0.5, 0.6) is 0 Å². The van der Waals surface area contributed by atoms with E-state index in [9.17, 15) is 4.79 Å². The van der Waals surface area contributed by atoms with Crippen LogP contribution in [-0.2, 0) is 13.6 Å². The maximum Gasteiger partial charge on any atom is 0.275 e. The Balaban J connectivity index is 1.66. The van der Waals surface area contributed by atoms with Crippen LogP contribution in [0.2, 0.25) is 0 Å². The zero-order valence-electron chi connectivity index (χ0n) is 12.6. The smallest absolute Gasteiger partial charge is 0.275 e. The molecule has 0 saturated heterocycles. The number of aromatic nitrogens is 5. The average molecular weight is 326 g/mol. The number of nitrogens with zero attached hydrogens (tertiary/aromatic N) is 5. The maximum absolute atomic E-state index is 11.7. The number of benzene rings is 1. The lowest BCUT2D eigenvalue weighted by molar-refractivity contribution is 0.825. The van der Waals surface area contributed by atoms with E-state index in [1.54, 1.807) is 0 Å². The number of para-hydroxylation sites is 1. The molecule has 23 heavy (non-hydrogen) atoms. The second kappa shape index (κ2) is 5.17. The molecule has 0 atom stereocenters. The number of imidazole rings is 1. The first-order valence-electron chi connectivity index (χ1n) is 7.13. The normalized spacial score (nSPS) is 11.4. The first-order chi connectivity index (χ1) is 11.1. The Morgan fingerprint density at radius 3 is 2.96 bits per heavy atom. The fourth-order valence-electron chi connectivity index (χ4n) is 2.64. The Kier molecular flexibility index (Phi) is 3.12. The molecule has 116 valence electrons. The first-order valence-corrected chi connectivity index (χ1v) is 7.95. The number of anilines is 1. The van der Waals surface area contributed by atoms with Crippen molar-refractivity contribution in [2.24, 2.45) is 7.05 Å². The quantitative estimate of drug-likeness (QED) is 0.623. The lowest BCUT2D eigenvalue weighted by atomic mass is 10.2. The molecule has 0 bridgehead atoms. The molecule has 3 heterocycles. The molecule has 0 fully saturated rings. The van der Waals surface area contributed by atoms with Gasteiger partial charge in [0.05, 0.1) is 17.6 Å². The SMILES string of the molecule is Cc1cccc2nc(CNc3nn4c(=O)ccnc4s3)n(C)c12. The zero-order valence-corrected chi connectivity index (χ0v) is 13.5. The molecule has 3 aromatic heterocycles. The summed E-state index contributed by atoms with van der Waals surface area (Å²) >= 11 is 1.34. The molecule has 0 aliphatic rings. The van der Waals surface area contributed by atoms with Crippen molar-refractivity contribution in [3.05, 3.63) is 52.2 Å². The van der Waals surface area contributed by atoms with E-state index in [2.05, 4.69) is 37.9 Å². The Morgan fingerprint density at radius 2 is 2.17 bits per heavy atom. The largest absolute Gasteiger partial charge is 0.353 e. The van der Waals surface area contributed by atoms with Gasteiger partial charge < -0.3 is 9.88 Å². The van der Waals surface area contributed by atoms with E-state index in [1.165, 1.54) is 33.7 Å². The molecule has 0 unspecified atom stereocenters. The molecule has 0 saturated carbocycles. The minimum Gasteiger partial charge on any atom is -0.353 e. The van der Waals surface area contributed by atoms with Crippen LogP contribution >= 0.6 is 11.3 Å². The highest BCUT2D eigenvalue weighted by Gasteiger charge is 2.11. The lowest BCUT2D eigenvalue weighted by Crippen LogP contribution is -2.13. The van der Waals surface area contributed by atoms with Crippen LogP contribution in [0.25, 0.3) is 16.0 Å². The third-order valence-corrected chi connectivity index (χ3v) is 4.64. The molecule has 4 aromatic rings. The number of hydrogen-bond acceptors (Lipinski definition) is 6. The van der Waals surface area contributed by atoms with Crippen molar-refractivity contribution in [2.75, 3.05) is 5.32 Å². The molecule has 1 N–H and O–H groups in total. The van der Waals surface area contributed by atoms with Crippen LogP contribution in [0.15, 0.2) is 35.3 Å². The molecule has 0 spiro atoms. The number of rotatable bonds is 3. The summed E-state index contributed by atoms with van der Waals surface area (Å²) in [6, 6.07) is 7.48. The van der Waals surface area contributed by atoms with Crippen LogP contribution in [0, 0.1) is 6.92 Å². The van der Waals surface area contributed by atoms with E-state index < -0.39 is 0 Å². The van der Waals surface area contributed by atoms with E-state index in [0.717, 1.165) is 16.9 Å². The summed E-state index contributed by atoms with van der Waals surface area (Å²) in [5, 5.41) is 8.11. The van der Waals surface area contributed by atoms with Crippen molar-refractivity contribution in [2.45, 2.75) is 13.5 Å². The highest BCUT2D eigenvalue weighted by atomic mass is 32.1. The van der Waals surface area contributed by atoms with Crippen LogP contribution in [-0.4, -0.2) is 24.1 Å². The number of nitrogens with one attached hydrogen (secondary N) is 1. The number of fused-ring (bicyclic) bond motifs is 2. The molecule has 4 rings (SSSR count). The van der Waals surface area contributed by atoms with Gasteiger partial charge in [-0.2, -0.15) is 4.52 Å². The second-order valence-corrected chi connectivity index (χ2v) is 6.22. The zero-order chi connectivity index (χ0) is 16.0. The highest BCUT2D eigenvalue weighted by molar-refractivity contribution is 7.20. The van der Waals surface area contributed by atoms with Gasteiger partial charge in [-0.05, 0) is 18.6 Å². The van der Waals surface area contributed by atoms with E-state index in [1.807, 2.05) is 19.2 Å². The molecular formula is C15H14N6OS.